The van der Waals surface area contributed by atoms with Crippen LogP contribution in [0.25, 0.3) is 11.0 Å². The minimum Gasteiger partial charge on any atom is -0.484 e. The lowest BCUT2D eigenvalue weighted by molar-refractivity contribution is -0.123. The van der Waals surface area contributed by atoms with Crippen LogP contribution in [0.3, 0.4) is 0 Å². The van der Waals surface area contributed by atoms with Gasteiger partial charge in [-0.2, -0.15) is 5.10 Å². The standard InChI is InChI=1S/C24H32N6O3S/c1-4-34-24-27-22(29-11-13-32-14-12-29)20-15-26-30(23(20)28-24)10-9-25-21(31)16-33-19-7-5-18(6-8-19)17(2)3/h5-8,15,17H,4,9-14,16H2,1-3H3,(H,25,31). The van der Waals surface area contributed by atoms with Crippen molar-refractivity contribution in [2.24, 2.45) is 0 Å². The van der Waals surface area contributed by atoms with Gasteiger partial charge in [-0.05, 0) is 29.4 Å². The Hall–Kier alpha value is -2.85. The van der Waals surface area contributed by atoms with Gasteiger partial charge in [0.15, 0.2) is 17.4 Å². The molecule has 0 radical (unpaired) electrons. The highest BCUT2D eigenvalue weighted by Crippen LogP contribution is 2.27. The summed E-state index contributed by atoms with van der Waals surface area (Å²) in [6, 6.07) is 7.85. The second-order valence-electron chi connectivity index (χ2n) is 8.33. The van der Waals surface area contributed by atoms with Crippen LogP contribution in [0.1, 0.15) is 32.3 Å². The lowest BCUT2D eigenvalue weighted by Crippen LogP contribution is -2.37. The van der Waals surface area contributed by atoms with E-state index in [1.54, 1.807) is 11.8 Å². The fourth-order valence-corrected chi connectivity index (χ4v) is 4.30. The van der Waals surface area contributed by atoms with Gasteiger partial charge in [-0.25, -0.2) is 14.6 Å². The Morgan fingerprint density at radius 1 is 1.21 bits per heavy atom. The van der Waals surface area contributed by atoms with Gasteiger partial charge in [0.1, 0.15) is 11.6 Å². The van der Waals surface area contributed by atoms with Gasteiger partial charge in [0.25, 0.3) is 5.91 Å². The highest BCUT2D eigenvalue weighted by molar-refractivity contribution is 7.99. The number of ether oxygens (including phenoxy) is 2. The summed E-state index contributed by atoms with van der Waals surface area (Å²) in [6.07, 6.45) is 1.81. The summed E-state index contributed by atoms with van der Waals surface area (Å²) in [5.74, 6) is 2.76. The molecule has 1 aromatic carbocycles. The Balaban J connectivity index is 1.36. The second kappa shape index (κ2) is 11.5. The first-order valence-corrected chi connectivity index (χ1v) is 12.7. The van der Waals surface area contributed by atoms with Gasteiger partial charge >= 0.3 is 0 Å². The fourth-order valence-electron chi connectivity index (χ4n) is 3.74. The lowest BCUT2D eigenvalue weighted by atomic mass is 10.0. The molecule has 4 rings (SSSR count). The number of hydrogen-bond acceptors (Lipinski definition) is 8. The Morgan fingerprint density at radius 3 is 2.68 bits per heavy atom. The summed E-state index contributed by atoms with van der Waals surface area (Å²) in [5.41, 5.74) is 2.02. The van der Waals surface area contributed by atoms with Gasteiger partial charge in [-0.15, -0.1) is 0 Å². The molecule has 1 aliphatic rings. The van der Waals surface area contributed by atoms with Crippen molar-refractivity contribution in [2.75, 3.05) is 50.1 Å². The molecule has 0 atom stereocenters. The average molecular weight is 485 g/mol. The van der Waals surface area contributed by atoms with E-state index >= 15 is 0 Å². The van der Waals surface area contributed by atoms with Crippen molar-refractivity contribution in [2.45, 2.75) is 38.4 Å². The average Bonchev–Trinajstić information content (AvgIpc) is 3.26. The van der Waals surface area contributed by atoms with E-state index in [-0.39, 0.29) is 12.5 Å². The molecule has 3 heterocycles. The number of anilines is 1. The molecule has 2 aromatic heterocycles. The maximum absolute atomic E-state index is 12.3. The van der Waals surface area contributed by atoms with Crippen LogP contribution < -0.4 is 15.0 Å². The van der Waals surface area contributed by atoms with E-state index in [0.717, 1.165) is 40.9 Å². The smallest absolute Gasteiger partial charge is 0.258 e. The van der Waals surface area contributed by atoms with Crippen LogP contribution in [0.15, 0.2) is 35.6 Å². The van der Waals surface area contributed by atoms with E-state index in [0.29, 0.717) is 38.0 Å². The van der Waals surface area contributed by atoms with Gasteiger partial charge in [0.05, 0.1) is 31.3 Å². The molecule has 0 spiro atoms. The van der Waals surface area contributed by atoms with Crippen LogP contribution in [0, 0.1) is 0 Å². The molecule has 0 aliphatic carbocycles. The molecule has 0 saturated carbocycles. The van der Waals surface area contributed by atoms with Crippen molar-refractivity contribution in [1.82, 2.24) is 25.1 Å². The molecule has 10 heteroatoms. The number of morpholine rings is 1. The number of nitrogens with zero attached hydrogens (tertiary/aromatic N) is 5. The summed E-state index contributed by atoms with van der Waals surface area (Å²) in [7, 11) is 0. The largest absolute Gasteiger partial charge is 0.484 e. The van der Waals surface area contributed by atoms with Crippen LogP contribution in [-0.2, 0) is 16.1 Å². The van der Waals surface area contributed by atoms with Gasteiger partial charge in [-0.1, -0.05) is 44.7 Å². The third kappa shape index (κ3) is 5.98. The number of amides is 1. The zero-order chi connectivity index (χ0) is 23.9. The third-order valence-corrected chi connectivity index (χ3v) is 6.33. The van der Waals surface area contributed by atoms with E-state index < -0.39 is 0 Å². The Morgan fingerprint density at radius 2 is 1.97 bits per heavy atom. The van der Waals surface area contributed by atoms with Gasteiger partial charge in [0, 0.05) is 19.6 Å². The summed E-state index contributed by atoms with van der Waals surface area (Å²) >= 11 is 1.61. The van der Waals surface area contributed by atoms with Crippen molar-refractivity contribution >= 4 is 34.5 Å². The molecule has 3 aromatic rings. The maximum Gasteiger partial charge on any atom is 0.258 e. The lowest BCUT2D eigenvalue weighted by Gasteiger charge is -2.28. The fraction of sp³-hybridized carbons (Fsp3) is 0.500. The van der Waals surface area contributed by atoms with Gasteiger partial charge in [-0.3, -0.25) is 4.79 Å². The number of nitrogens with one attached hydrogen (secondary N) is 1. The number of hydrogen-bond donors (Lipinski definition) is 1. The molecule has 9 nitrogen and oxygen atoms in total. The topological polar surface area (TPSA) is 94.4 Å². The highest BCUT2D eigenvalue weighted by atomic mass is 32.2. The SMILES string of the molecule is CCSc1nc(N2CCOCC2)c2cnn(CCNC(=O)COc3ccc(C(C)C)cc3)c2n1. The third-order valence-electron chi connectivity index (χ3n) is 5.60. The molecule has 1 aliphatic heterocycles. The first-order valence-electron chi connectivity index (χ1n) is 11.7. The first kappa shape index (κ1) is 24.3. The Bertz CT molecular complexity index is 1100. The molecule has 1 N–H and O–H groups in total. The molecule has 1 saturated heterocycles. The number of rotatable bonds is 10. The molecule has 0 bridgehead atoms. The van der Waals surface area contributed by atoms with Crippen LogP contribution in [0.4, 0.5) is 5.82 Å². The van der Waals surface area contributed by atoms with Crippen LogP contribution >= 0.6 is 11.8 Å². The minimum absolute atomic E-state index is 0.0263. The zero-order valence-corrected chi connectivity index (χ0v) is 20.8. The van der Waals surface area contributed by atoms with E-state index in [2.05, 4.69) is 36.1 Å². The molecule has 1 fully saturated rings. The number of carbonyl (C=O) groups excluding carboxylic acids is 1. The summed E-state index contributed by atoms with van der Waals surface area (Å²) < 4.78 is 12.9. The Labute approximate surface area is 204 Å². The van der Waals surface area contributed by atoms with E-state index in [4.69, 9.17) is 19.4 Å². The predicted molar refractivity (Wildman–Crippen MR) is 134 cm³/mol. The number of benzene rings is 1. The quantitative estimate of drug-likeness (QED) is 0.347. The molecule has 182 valence electrons. The Kier molecular flexibility index (Phi) is 8.23. The van der Waals surface area contributed by atoms with Gasteiger partial charge < -0.3 is 19.7 Å². The molecular weight excluding hydrogens is 452 g/mol. The van der Waals surface area contributed by atoms with Crippen molar-refractivity contribution < 1.29 is 14.3 Å². The molecule has 34 heavy (non-hydrogen) atoms. The van der Waals surface area contributed by atoms with Crippen LogP contribution in [0.5, 0.6) is 5.75 Å². The number of fused-ring (bicyclic) bond motifs is 1. The molecular formula is C24H32N6O3S. The zero-order valence-electron chi connectivity index (χ0n) is 20.0. The second-order valence-corrected chi connectivity index (χ2v) is 9.56. The number of thioether (sulfide) groups is 1. The van der Waals surface area contributed by atoms with Crippen molar-refractivity contribution in [1.29, 1.82) is 0 Å². The monoisotopic (exact) mass is 484 g/mol. The normalized spacial score (nSPS) is 14.1. The van der Waals surface area contributed by atoms with Crippen LogP contribution in [0.2, 0.25) is 0 Å². The minimum atomic E-state index is -0.171. The van der Waals surface area contributed by atoms with Crippen molar-refractivity contribution in [3.8, 4) is 5.75 Å². The maximum atomic E-state index is 12.3. The van der Waals surface area contributed by atoms with Crippen molar-refractivity contribution in [3.05, 3.63) is 36.0 Å². The first-order chi connectivity index (χ1) is 16.5. The number of carbonyl (C=O) groups is 1. The van der Waals surface area contributed by atoms with Crippen molar-refractivity contribution in [3.63, 3.8) is 0 Å². The summed E-state index contributed by atoms with van der Waals surface area (Å²) in [5, 5.41) is 9.09. The predicted octanol–water partition coefficient (Wildman–Crippen LogP) is 3.09. The van der Waals surface area contributed by atoms with E-state index in [9.17, 15) is 4.79 Å². The van der Waals surface area contributed by atoms with E-state index in [1.165, 1.54) is 5.56 Å². The van der Waals surface area contributed by atoms with Gasteiger partial charge in [0.2, 0.25) is 0 Å². The van der Waals surface area contributed by atoms with Crippen LogP contribution in [-0.4, -0.2) is 70.9 Å². The highest BCUT2D eigenvalue weighted by Gasteiger charge is 2.20. The number of aromatic nitrogens is 4. The molecule has 1 amide bonds. The summed E-state index contributed by atoms with van der Waals surface area (Å²) in [6.45, 7) is 10.2. The van der Waals surface area contributed by atoms with E-state index in [1.807, 2.05) is 35.1 Å². The molecule has 0 unspecified atom stereocenters. The summed E-state index contributed by atoms with van der Waals surface area (Å²) in [4.78, 5) is 24.0.